The van der Waals surface area contributed by atoms with Gasteiger partial charge < -0.3 is 5.32 Å². The second kappa shape index (κ2) is 7.04. The van der Waals surface area contributed by atoms with E-state index in [0.29, 0.717) is 18.6 Å². The maximum absolute atomic E-state index is 12.6. The number of hydrogen-bond donors (Lipinski definition) is 2. The summed E-state index contributed by atoms with van der Waals surface area (Å²) in [6.07, 6.45) is -2.74. The number of alkyl halides is 3. The molecule has 1 saturated heterocycles. The van der Waals surface area contributed by atoms with E-state index in [-0.39, 0.29) is 43.2 Å². The Labute approximate surface area is 120 Å². The summed E-state index contributed by atoms with van der Waals surface area (Å²) in [7, 11) is 0. The van der Waals surface area contributed by atoms with Crippen LogP contribution < -0.4 is 10.6 Å². The molecule has 2 rings (SSSR count). The summed E-state index contributed by atoms with van der Waals surface area (Å²) in [5, 5.41) is 5.76. The van der Waals surface area contributed by atoms with Gasteiger partial charge in [0.1, 0.15) is 0 Å². The minimum Gasteiger partial charge on any atom is -0.352 e. The molecule has 112 valence electrons. The molecule has 1 heterocycles. The first-order chi connectivity index (χ1) is 8.47. The molecule has 3 nitrogen and oxygen atoms in total. The molecular weight excluding hydrogens is 301 g/mol. The van der Waals surface area contributed by atoms with E-state index >= 15 is 0 Å². The predicted molar refractivity (Wildman–Crippen MR) is 71.4 cm³/mol. The zero-order valence-corrected chi connectivity index (χ0v) is 12.0. The van der Waals surface area contributed by atoms with Crippen LogP contribution in [0.3, 0.4) is 0 Å². The average Bonchev–Trinajstić information content (AvgIpc) is 2.81. The number of nitrogens with one attached hydrogen (secondary N) is 2. The maximum atomic E-state index is 12.6. The molecule has 3 unspecified atom stereocenters. The van der Waals surface area contributed by atoms with Crippen LogP contribution in [0.2, 0.25) is 0 Å². The third-order valence-electron chi connectivity index (χ3n) is 3.52. The summed E-state index contributed by atoms with van der Waals surface area (Å²) in [6.45, 7) is 0. The first-order valence-corrected chi connectivity index (χ1v) is 7.30. The normalized spacial score (nSPS) is 31.6. The Morgan fingerprint density at radius 3 is 2.63 bits per heavy atom. The zero-order chi connectivity index (χ0) is 13.2. The fraction of sp³-hybridized carbons (Fsp3) is 0.909. The quantitative estimate of drug-likeness (QED) is 0.821. The number of carbonyl (C=O) groups is 1. The molecule has 0 aromatic carbocycles. The number of carbonyl (C=O) groups excluding carboxylic acids is 1. The van der Waals surface area contributed by atoms with Gasteiger partial charge in [-0.05, 0) is 19.3 Å². The second-order valence-corrected chi connectivity index (χ2v) is 5.91. The first kappa shape index (κ1) is 16.9. The SMILES string of the molecule is Cl.O=C(NC1CCCC(C(F)(F)F)C1)C1CSCN1. The van der Waals surface area contributed by atoms with Crippen molar-refractivity contribution >= 4 is 30.1 Å². The van der Waals surface area contributed by atoms with Gasteiger partial charge in [0.2, 0.25) is 5.91 Å². The van der Waals surface area contributed by atoms with E-state index in [4.69, 9.17) is 0 Å². The molecule has 1 aliphatic carbocycles. The van der Waals surface area contributed by atoms with Crippen molar-refractivity contribution in [3.63, 3.8) is 0 Å². The number of amides is 1. The fourth-order valence-corrected chi connectivity index (χ4v) is 3.43. The van der Waals surface area contributed by atoms with Gasteiger partial charge in [0.05, 0.1) is 12.0 Å². The monoisotopic (exact) mass is 318 g/mol. The number of halogens is 4. The van der Waals surface area contributed by atoms with Crippen LogP contribution in [-0.4, -0.2) is 35.8 Å². The minimum absolute atomic E-state index is 0. The lowest BCUT2D eigenvalue weighted by Crippen LogP contribution is -2.48. The molecule has 0 bridgehead atoms. The lowest BCUT2D eigenvalue weighted by Gasteiger charge is -2.31. The minimum atomic E-state index is -4.13. The van der Waals surface area contributed by atoms with Crippen molar-refractivity contribution < 1.29 is 18.0 Å². The molecular formula is C11H18ClF3N2OS. The third-order valence-corrected chi connectivity index (χ3v) is 4.46. The van der Waals surface area contributed by atoms with E-state index < -0.39 is 12.1 Å². The summed E-state index contributed by atoms with van der Waals surface area (Å²) < 4.78 is 37.9. The first-order valence-electron chi connectivity index (χ1n) is 6.15. The highest BCUT2D eigenvalue weighted by Crippen LogP contribution is 2.37. The van der Waals surface area contributed by atoms with Gasteiger partial charge in [0, 0.05) is 17.7 Å². The van der Waals surface area contributed by atoms with Crippen molar-refractivity contribution in [2.24, 2.45) is 5.92 Å². The molecule has 0 radical (unpaired) electrons. The lowest BCUT2D eigenvalue weighted by molar-refractivity contribution is -0.184. The smallest absolute Gasteiger partial charge is 0.352 e. The molecule has 2 N–H and O–H groups in total. The van der Waals surface area contributed by atoms with Crippen LogP contribution in [0.5, 0.6) is 0 Å². The summed E-state index contributed by atoms with van der Waals surface area (Å²) in [5.41, 5.74) is 0. The maximum Gasteiger partial charge on any atom is 0.391 e. The van der Waals surface area contributed by atoms with Gasteiger partial charge in [-0.15, -0.1) is 24.2 Å². The van der Waals surface area contributed by atoms with E-state index in [1.165, 1.54) is 0 Å². The van der Waals surface area contributed by atoms with Crippen molar-refractivity contribution in [3.8, 4) is 0 Å². The fourth-order valence-electron chi connectivity index (χ4n) is 2.48. The predicted octanol–water partition coefficient (Wildman–Crippen LogP) is 2.31. The van der Waals surface area contributed by atoms with E-state index in [1.807, 2.05) is 0 Å². The van der Waals surface area contributed by atoms with E-state index in [1.54, 1.807) is 11.8 Å². The molecule has 0 aromatic heterocycles. The largest absolute Gasteiger partial charge is 0.391 e. The van der Waals surface area contributed by atoms with Gasteiger partial charge in [0.25, 0.3) is 0 Å². The van der Waals surface area contributed by atoms with Crippen molar-refractivity contribution in [2.75, 3.05) is 11.6 Å². The van der Waals surface area contributed by atoms with Crippen LogP contribution in [0.15, 0.2) is 0 Å². The molecule has 2 aliphatic rings. The van der Waals surface area contributed by atoms with Gasteiger partial charge in [-0.1, -0.05) is 6.42 Å². The average molecular weight is 319 g/mol. The van der Waals surface area contributed by atoms with Gasteiger partial charge >= 0.3 is 6.18 Å². The van der Waals surface area contributed by atoms with Crippen molar-refractivity contribution in [1.29, 1.82) is 0 Å². The van der Waals surface area contributed by atoms with E-state index in [9.17, 15) is 18.0 Å². The molecule has 19 heavy (non-hydrogen) atoms. The number of hydrogen-bond acceptors (Lipinski definition) is 3. The Kier molecular flexibility index (Phi) is 6.26. The van der Waals surface area contributed by atoms with Crippen molar-refractivity contribution in [3.05, 3.63) is 0 Å². The Morgan fingerprint density at radius 1 is 1.32 bits per heavy atom. The number of rotatable bonds is 2. The Hall–Kier alpha value is -0.140. The zero-order valence-electron chi connectivity index (χ0n) is 10.3. The second-order valence-electron chi connectivity index (χ2n) is 4.88. The van der Waals surface area contributed by atoms with Crippen LogP contribution in [-0.2, 0) is 4.79 Å². The highest BCUT2D eigenvalue weighted by molar-refractivity contribution is 7.99. The van der Waals surface area contributed by atoms with E-state index in [0.717, 1.165) is 5.88 Å². The Morgan fingerprint density at radius 2 is 2.05 bits per heavy atom. The highest BCUT2D eigenvalue weighted by atomic mass is 35.5. The Bertz CT molecular complexity index is 311. The molecule has 8 heteroatoms. The van der Waals surface area contributed by atoms with Gasteiger partial charge in [-0.3, -0.25) is 10.1 Å². The van der Waals surface area contributed by atoms with Gasteiger partial charge in [0.15, 0.2) is 0 Å². The molecule has 0 spiro atoms. The van der Waals surface area contributed by atoms with Crippen LogP contribution in [0, 0.1) is 5.92 Å². The summed E-state index contributed by atoms with van der Waals surface area (Å²) in [4.78, 5) is 11.8. The van der Waals surface area contributed by atoms with Crippen LogP contribution >= 0.6 is 24.2 Å². The van der Waals surface area contributed by atoms with E-state index in [2.05, 4.69) is 10.6 Å². The molecule has 1 saturated carbocycles. The topological polar surface area (TPSA) is 41.1 Å². The van der Waals surface area contributed by atoms with Gasteiger partial charge in [-0.25, -0.2) is 0 Å². The lowest BCUT2D eigenvalue weighted by atomic mass is 9.85. The summed E-state index contributed by atoms with van der Waals surface area (Å²) in [5.74, 6) is 0.00475. The van der Waals surface area contributed by atoms with Crippen molar-refractivity contribution in [1.82, 2.24) is 10.6 Å². The summed E-state index contributed by atoms with van der Waals surface area (Å²) >= 11 is 1.63. The molecule has 1 aliphatic heterocycles. The van der Waals surface area contributed by atoms with Gasteiger partial charge in [-0.2, -0.15) is 13.2 Å². The van der Waals surface area contributed by atoms with Crippen LogP contribution in [0.1, 0.15) is 25.7 Å². The molecule has 2 fully saturated rings. The summed E-state index contributed by atoms with van der Waals surface area (Å²) in [6, 6.07) is -0.577. The third kappa shape index (κ3) is 4.72. The molecule has 3 atom stereocenters. The Balaban J connectivity index is 0.00000180. The number of thioether (sulfide) groups is 1. The standard InChI is InChI=1S/C11H17F3N2OS.ClH/c12-11(13,14)7-2-1-3-8(4-7)16-10(17)9-5-18-6-15-9;/h7-9,15H,1-6H2,(H,16,17);1H. The van der Waals surface area contributed by atoms with Crippen LogP contribution in [0.25, 0.3) is 0 Å². The molecule has 1 amide bonds. The van der Waals surface area contributed by atoms with Crippen molar-refractivity contribution in [2.45, 2.75) is 43.9 Å². The van der Waals surface area contributed by atoms with Crippen LogP contribution in [0.4, 0.5) is 13.2 Å². The highest BCUT2D eigenvalue weighted by Gasteiger charge is 2.42. The molecule has 0 aromatic rings.